The van der Waals surface area contributed by atoms with Crippen molar-refractivity contribution in [1.29, 1.82) is 0 Å². The molecule has 268 valence electrons. The number of halogens is 2. The number of pyridine rings is 1. The van der Waals surface area contributed by atoms with Crippen LogP contribution in [0.1, 0.15) is 85.8 Å². The van der Waals surface area contributed by atoms with Crippen molar-refractivity contribution < 1.29 is 9.53 Å². The summed E-state index contributed by atoms with van der Waals surface area (Å²) in [5.74, 6) is 0.635. The Morgan fingerprint density at radius 3 is 2.02 bits per heavy atom. The normalized spacial score (nSPS) is 13.5. The smallest absolute Gasteiger partial charge is 0.303 e. The van der Waals surface area contributed by atoms with Gasteiger partial charge in [-0.2, -0.15) is 0 Å². The van der Waals surface area contributed by atoms with Crippen LogP contribution < -0.4 is 4.90 Å². The monoisotopic (exact) mass is 754 g/mol. The molecule has 10 heteroatoms. The maximum Gasteiger partial charge on any atom is 0.303 e. The van der Waals surface area contributed by atoms with Crippen LogP contribution in [0.5, 0.6) is 0 Å². The fraction of sp³-hybridized carbons (Fsp3) is 0.513. The van der Waals surface area contributed by atoms with Gasteiger partial charge in [0.05, 0.1) is 10.2 Å². The first-order valence-corrected chi connectivity index (χ1v) is 18.8. The Balaban J connectivity index is 0.000000514. The van der Waals surface area contributed by atoms with Crippen molar-refractivity contribution in [3.05, 3.63) is 75.4 Å². The standard InChI is InChI=1S/C30H36BrClN6.C6H12O2.C3H8/c1-3-13-36(14-4-2)20-22-5-9-24(10-6-22)29-34-27-28(26(31)19-33-30(27)35-29)38-17-15-37(16-18-38)21-23-7-11-25(32)12-8-23;1-5(7)8-6(2,3)4;1-3-2/h5-12,19H,3-4,13-18,20-21H2,1-2H3,(H,33,34,35);1-4H3;3H2,1-2H3. The van der Waals surface area contributed by atoms with Gasteiger partial charge < -0.3 is 14.6 Å². The molecule has 2 aromatic heterocycles. The minimum absolute atomic E-state index is 0.225. The zero-order valence-electron chi connectivity index (χ0n) is 30.8. The lowest BCUT2D eigenvalue weighted by molar-refractivity contribution is -0.151. The first kappa shape index (κ1) is 40.4. The fourth-order valence-electron chi connectivity index (χ4n) is 5.70. The Kier molecular flexibility index (Phi) is 16.5. The Hall–Kier alpha value is -2.98. The summed E-state index contributed by atoms with van der Waals surface area (Å²) >= 11 is 9.82. The van der Waals surface area contributed by atoms with Crippen molar-refractivity contribution in [2.24, 2.45) is 0 Å². The number of carbonyl (C=O) groups excluding carboxylic acids is 1. The van der Waals surface area contributed by atoms with Gasteiger partial charge in [-0.25, -0.2) is 9.97 Å². The summed E-state index contributed by atoms with van der Waals surface area (Å²) in [6.45, 7) is 23.8. The van der Waals surface area contributed by atoms with Crippen molar-refractivity contribution in [2.45, 2.75) is 93.3 Å². The Labute approximate surface area is 307 Å². The molecule has 3 heterocycles. The van der Waals surface area contributed by atoms with E-state index in [0.29, 0.717) is 0 Å². The second kappa shape index (κ2) is 20.0. The Morgan fingerprint density at radius 2 is 1.51 bits per heavy atom. The number of hydrogen-bond donors (Lipinski definition) is 1. The topological polar surface area (TPSA) is 77.6 Å². The fourth-order valence-corrected chi connectivity index (χ4v) is 6.38. The van der Waals surface area contributed by atoms with Crippen LogP contribution in [0.15, 0.2) is 59.2 Å². The third kappa shape index (κ3) is 13.3. The van der Waals surface area contributed by atoms with Crippen LogP contribution in [-0.4, -0.2) is 75.6 Å². The molecule has 0 unspecified atom stereocenters. The summed E-state index contributed by atoms with van der Waals surface area (Å²) in [4.78, 5) is 30.8. The molecule has 1 N–H and O–H groups in total. The first-order chi connectivity index (χ1) is 23.4. The lowest BCUT2D eigenvalue weighted by Gasteiger charge is -2.36. The number of piperazine rings is 1. The predicted molar refractivity (Wildman–Crippen MR) is 209 cm³/mol. The summed E-state index contributed by atoms with van der Waals surface area (Å²) in [6, 6.07) is 17.0. The molecule has 4 aromatic rings. The van der Waals surface area contributed by atoms with E-state index in [9.17, 15) is 4.79 Å². The van der Waals surface area contributed by atoms with Gasteiger partial charge in [-0.1, -0.05) is 82.1 Å². The summed E-state index contributed by atoms with van der Waals surface area (Å²) in [7, 11) is 0. The van der Waals surface area contributed by atoms with Crippen molar-refractivity contribution in [1.82, 2.24) is 24.8 Å². The quantitative estimate of drug-likeness (QED) is 0.162. The third-order valence-electron chi connectivity index (χ3n) is 7.62. The number of ether oxygens (including phenoxy) is 1. The maximum absolute atomic E-state index is 10.2. The SMILES string of the molecule is CC(=O)OC(C)(C)C.CCC.CCCN(CCC)Cc1ccc(-c2nc3ncc(Br)c(N4CCN(Cc5ccc(Cl)cc5)CC4)c3[nH]2)cc1. The maximum atomic E-state index is 10.2. The number of nitrogens with one attached hydrogen (secondary N) is 1. The number of H-pyrrole nitrogens is 1. The van der Waals surface area contributed by atoms with Gasteiger partial charge in [-0.05, 0) is 85.9 Å². The molecule has 8 nitrogen and oxygen atoms in total. The molecule has 1 aliphatic rings. The molecule has 5 rings (SSSR count). The van der Waals surface area contributed by atoms with E-state index >= 15 is 0 Å². The van der Waals surface area contributed by atoms with Crippen LogP contribution in [0.25, 0.3) is 22.6 Å². The highest BCUT2D eigenvalue weighted by Gasteiger charge is 2.23. The van der Waals surface area contributed by atoms with Gasteiger partial charge >= 0.3 is 5.97 Å². The minimum Gasteiger partial charge on any atom is -0.460 e. The van der Waals surface area contributed by atoms with E-state index in [2.05, 4.69) is 105 Å². The number of esters is 1. The van der Waals surface area contributed by atoms with E-state index in [0.717, 1.165) is 90.1 Å². The van der Waals surface area contributed by atoms with E-state index in [1.54, 1.807) is 0 Å². The predicted octanol–water partition coefficient (Wildman–Crippen LogP) is 9.75. The van der Waals surface area contributed by atoms with Crippen molar-refractivity contribution in [3.8, 4) is 11.4 Å². The number of fused-ring (bicyclic) bond motifs is 1. The molecule has 2 aromatic carbocycles. The molecule has 49 heavy (non-hydrogen) atoms. The number of rotatable bonds is 10. The number of nitrogens with zero attached hydrogens (tertiary/aromatic N) is 5. The lowest BCUT2D eigenvalue weighted by Crippen LogP contribution is -2.46. The molecular weight excluding hydrogens is 700 g/mol. The van der Waals surface area contributed by atoms with E-state index in [1.165, 1.54) is 37.3 Å². The van der Waals surface area contributed by atoms with Gasteiger partial charge in [0.2, 0.25) is 0 Å². The second-order valence-electron chi connectivity index (χ2n) is 13.5. The third-order valence-corrected chi connectivity index (χ3v) is 8.45. The number of aromatic nitrogens is 3. The van der Waals surface area contributed by atoms with Crippen molar-refractivity contribution >= 4 is 50.4 Å². The average Bonchev–Trinajstić information content (AvgIpc) is 3.47. The zero-order chi connectivity index (χ0) is 36.0. The highest BCUT2D eigenvalue weighted by Crippen LogP contribution is 2.34. The molecule has 0 atom stereocenters. The number of carbonyl (C=O) groups is 1. The number of benzene rings is 2. The summed E-state index contributed by atoms with van der Waals surface area (Å²) in [5, 5.41) is 0.783. The van der Waals surface area contributed by atoms with Crippen LogP contribution in [0.2, 0.25) is 5.02 Å². The molecule has 1 aliphatic heterocycles. The van der Waals surface area contributed by atoms with E-state index in [-0.39, 0.29) is 11.6 Å². The Bertz CT molecular complexity index is 1560. The van der Waals surface area contributed by atoms with Crippen LogP contribution in [0, 0.1) is 0 Å². The molecule has 0 spiro atoms. The van der Waals surface area contributed by atoms with Crippen LogP contribution in [-0.2, 0) is 22.6 Å². The number of hydrogen-bond acceptors (Lipinski definition) is 7. The second-order valence-corrected chi connectivity index (χ2v) is 14.8. The number of anilines is 1. The van der Waals surface area contributed by atoms with Gasteiger partial charge in [-0.15, -0.1) is 0 Å². The zero-order valence-corrected chi connectivity index (χ0v) is 33.1. The summed E-state index contributed by atoms with van der Waals surface area (Å²) in [6.07, 6.45) is 5.49. The Morgan fingerprint density at radius 1 is 0.939 bits per heavy atom. The summed E-state index contributed by atoms with van der Waals surface area (Å²) < 4.78 is 5.79. The van der Waals surface area contributed by atoms with Crippen LogP contribution in [0.3, 0.4) is 0 Å². The molecule has 1 fully saturated rings. The van der Waals surface area contributed by atoms with Gasteiger partial charge in [-0.3, -0.25) is 14.6 Å². The number of imidazole rings is 1. The molecule has 0 saturated carbocycles. The van der Waals surface area contributed by atoms with Gasteiger partial charge in [0.1, 0.15) is 16.9 Å². The molecule has 0 amide bonds. The molecule has 1 saturated heterocycles. The molecule has 0 bridgehead atoms. The average molecular weight is 756 g/mol. The molecule has 0 radical (unpaired) electrons. The molecular formula is C39H56BrClN6O2. The van der Waals surface area contributed by atoms with E-state index in [1.807, 2.05) is 39.1 Å². The van der Waals surface area contributed by atoms with Crippen LogP contribution >= 0.6 is 27.5 Å². The largest absolute Gasteiger partial charge is 0.460 e. The highest BCUT2D eigenvalue weighted by molar-refractivity contribution is 9.10. The number of aromatic amines is 1. The lowest BCUT2D eigenvalue weighted by atomic mass is 10.1. The van der Waals surface area contributed by atoms with E-state index in [4.69, 9.17) is 21.3 Å². The highest BCUT2D eigenvalue weighted by atomic mass is 79.9. The molecule has 0 aliphatic carbocycles. The van der Waals surface area contributed by atoms with Gasteiger partial charge in [0.15, 0.2) is 5.65 Å². The van der Waals surface area contributed by atoms with Gasteiger partial charge in [0.25, 0.3) is 0 Å². The van der Waals surface area contributed by atoms with Crippen molar-refractivity contribution in [3.63, 3.8) is 0 Å². The van der Waals surface area contributed by atoms with E-state index < -0.39 is 0 Å². The van der Waals surface area contributed by atoms with Crippen molar-refractivity contribution in [2.75, 3.05) is 44.2 Å². The van der Waals surface area contributed by atoms with Gasteiger partial charge in [0, 0.05) is 63.0 Å². The first-order valence-electron chi connectivity index (χ1n) is 17.6. The minimum atomic E-state index is -0.328. The summed E-state index contributed by atoms with van der Waals surface area (Å²) in [5.41, 5.74) is 6.27. The van der Waals surface area contributed by atoms with Crippen LogP contribution in [0.4, 0.5) is 5.69 Å².